The minimum atomic E-state index is -0.993. The number of hydrazine groups is 1. The highest BCUT2D eigenvalue weighted by molar-refractivity contribution is 5.94. The van der Waals surface area contributed by atoms with Gasteiger partial charge in [0.2, 0.25) is 5.91 Å². The fourth-order valence-corrected chi connectivity index (χ4v) is 4.98. The van der Waals surface area contributed by atoms with Crippen LogP contribution in [0.4, 0.5) is 10.1 Å². The van der Waals surface area contributed by atoms with Crippen LogP contribution in [-0.4, -0.2) is 78.1 Å². The van der Waals surface area contributed by atoms with Gasteiger partial charge in [0, 0.05) is 31.9 Å². The second kappa shape index (κ2) is 7.77. The van der Waals surface area contributed by atoms with E-state index in [-0.39, 0.29) is 31.3 Å². The molecule has 5 fully saturated rings. The van der Waals surface area contributed by atoms with Gasteiger partial charge in [0.1, 0.15) is 23.7 Å². The van der Waals surface area contributed by atoms with Gasteiger partial charge in [-0.15, -0.1) is 0 Å². The Bertz CT molecular complexity index is 760. The van der Waals surface area contributed by atoms with Crippen LogP contribution in [0.25, 0.3) is 0 Å². The molecule has 9 nitrogen and oxygen atoms in total. The molecule has 158 valence electrons. The number of nitrogens with two attached hydrogens (primary N) is 1. The molecule has 2 bridgehead atoms. The van der Waals surface area contributed by atoms with Crippen molar-refractivity contribution in [1.29, 1.82) is 0 Å². The van der Waals surface area contributed by atoms with E-state index >= 15 is 0 Å². The van der Waals surface area contributed by atoms with E-state index in [4.69, 9.17) is 10.5 Å². The number of ether oxygens (including phenoxy) is 1. The Balaban J connectivity index is 1.29. The van der Waals surface area contributed by atoms with Crippen LogP contribution in [0, 0.1) is 11.8 Å². The van der Waals surface area contributed by atoms with E-state index in [2.05, 4.69) is 25.9 Å². The number of rotatable bonds is 4. The topological polar surface area (TPSA) is 108 Å². The Morgan fingerprint density at radius 1 is 1.34 bits per heavy atom. The van der Waals surface area contributed by atoms with Gasteiger partial charge in [-0.25, -0.2) is 14.8 Å². The Labute approximate surface area is 169 Å². The number of aromatic nitrogens is 1. The van der Waals surface area contributed by atoms with Gasteiger partial charge in [0.05, 0.1) is 24.4 Å². The number of halogens is 1. The lowest BCUT2D eigenvalue weighted by Crippen LogP contribution is -2.58. The van der Waals surface area contributed by atoms with Crippen molar-refractivity contribution < 1.29 is 13.9 Å². The molecule has 5 aliphatic heterocycles. The number of nitrogens with zero attached hydrogens (tertiary/aromatic N) is 3. The van der Waals surface area contributed by atoms with Crippen molar-refractivity contribution in [3.8, 4) is 5.75 Å². The average molecular weight is 405 g/mol. The SMILES string of the molecule is NC1NN2CC(F)CNC2C1C(=O)Nc1cnccc1O[C@H]1CN2CCC1CC2. The van der Waals surface area contributed by atoms with Crippen LogP contribution in [0.15, 0.2) is 18.5 Å². The molecular weight excluding hydrogens is 377 g/mol. The van der Waals surface area contributed by atoms with Gasteiger partial charge >= 0.3 is 0 Å². The first-order valence-corrected chi connectivity index (χ1v) is 10.4. The van der Waals surface area contributed by atoms with E-state index in [9.17, 15) is 9.18 Å². The van der Waals surface area contributed by atoms with E-state index in [1.54, 1.807) is 23.5 Å². The second-order valence-corrected chi connectivity index (χ2v) is 8.44. The summed E-state index contributed by atoms with van der Waals surface area (Å²) in [5.41, 5.74) is 9.68. The third-order valence-corrected chi connectivity index (χ3v) is 6.54. The Kier molecular flexibility index (Phi) is 5.12. The van der Waals surface area contributed by atoms with E-state index in [0.29, 0.717) is 17.4 Å². The summed E-state index contributed by atoms with van der Waals surface area (Å²) in [5, 5.41) is 7.69. The van der Waals surface area contributed by atoms with Crippen LogP contribution < -0.4 is 26.5 Å². The number of anilines is 1. The zero-order valence-electron chi connectivity index (χ0n) is 16.3. The molecule has 0 aliphatic carbocycles. The quantitative estimate of drug-likeness (QED) is 0.530. The number of carbonyl (C=O) groups excluding carboxylic acids is 1. The van der Waals surface area contributed by atoms with Crippen LogP contribution >= 0.6 is 0 Å². The van der Waals surface area contributed by atoms with E-state index < -0.39 is 18.3 Å². The normalized spacial score (nSPS) is 39.2. The predicted octanol–water partition coefficient (Wildman–Crippen LogP) is -0.518. The van der Waals surface area contributed by atoms with Crippen molar-refractivity contribution in [3.05, 3.63) is 18.5 Å². The monoisotopic (exact) mass is 405 g/mol. The molecule has 6 rings (SSSR count). The predicted molar refractivity (Wildman–Crippen MR) is 104 cm³/mol. The van der Waals surface area contributed by atoms with Gasteiger partial charge in [0.25, 0.3) is 0 Å². The number of nitrogens with one attached hydrogen (secondary N) is 3. The van der Waals surface area contributed by atoms with Crippen LogP contribution in [0.5, 0.6) is 5.75 Å². The summed E-state index contributed by atoms with van der Waals surface area (Å²) >= 11 is 0. The van der Waals surface area contributed by atoms with E-state index in [1.807, 2.05) is 0 Å². The maximum atomic E-state index is 13.6. The zero-order chi connectivity index (χ0) is 20.0. The lowest BCUT2D eigenvalue weighted by Gasteiger charge is -2.44. The molecule has 10 heteroatoms. The summed E-state index contributed by atoms with van der Waals surface area (Å²) in [4.78, 5) is 19.6. The maximum absolute atomic E-state index is 13.6. The Morgan fingerprint density at radius 3 is 2.93 bits per heavy atom. The van der Waals surface area contributed by atoms with Crippen molar-refractivity contribution in [3.63, 3.8) is 0 Å². The largest absolute Gasteiger partial charge is 0.487 e. The molecule has 4 unspecified atom stereocenters. The fourth-order valence-electron chi connectivity index (χ4n) is 4.98. The smallest absolute Gasteiger partial charge is 0.233 e. The number of carbonyl (C=O) groups is 1. The molecular formula is C19H28FN7O2. The number of pyridine rings is 1. The zero-order valence-corrected chi connectivity index (χ0v) is 16.3. The first kappa shape index (κ1) is 19.1. The number of fused-ring (bicyclic) bond motifs is 4. The number of hydrogen-bond acceptors (Lipinski definition) is 8. The number of alkyl halides is 1. The third-order valence-electron chi connectivity index (χ3n) is 6.54. The van der Waals surface area contributed by atoms with Gasteiger partial charge in [-0.05, 0) is 31.8 Å². The second-order valence-electron chi connectivity index (χ2n) is 8.44. The van der Waals surface area contributed by atoms with Gasteiger partial charge in [-0.1, -0.05) is 0 Å². The minimum absolute atomic E-state index is 0.128. The molecule has 5 saturated heterocycles. The minimum Gasteiger partial charge on any atom is -0.487 e. The summed E-state index contributed by atoms with van der Waals surface area (Å²) in [6, 6.07) is 1.79. The lowest BCUT2D eigenvalue weighted by atomic mass is 9.86. The molecule has 29 heavy (non-hydrogen) atoms. The number of piperidine rings is 3. The van der Waals surface area contributed by atoms with E-state index in [0.717, 1.165) is 32.5 Å². The highest BCUT2D eigenvalue weighted by Gasteiger charge is 2.47. The highest BCUT2D eigenvalue weighted by atomic mass is 19.1. The molecule has 1 aromatic rings. The molecule has 5 aliphatic rings. The number of amides is 1. The fraction of sp³-hybridized carbons (Fsp3) is 0.684. The molecule has 0 saturated carbocycles. The van der Waals surface area contributed by atoms with Crippen LogP contribution in [-0.2, 0) is 4.79 Å². The summed E-state index contributed by atoms with van der Waals surface area (Å²) in [5.74, 6) is 0.378. The Hall–Kier alpha value is -1.85. The molecule has 0 spiro atoms. The summed E-state index contributed by atoms with van der Waals surface area (Å²) in [6.45, 7) is 3.61. The van der Waals surface area contributed by atoms with Gasteiger partial charge < -0.3 is 15.8 Å². The Morgan fingerprint density at radius 2 is 2.17 bits per heavy atom. The first-order valence-electron chi connectivity index (χ1n) is 10.4. The molecule has 5 N–H and O–H groups in total. The summed E-state index contributed by atoms with van der Waals surface area (Å²) in [7, 11) is 0. The molecule has 0 radical (unpaired) electrons. The van der Waals surface area contributed by atoms with Crippen LogP contribution in [0.2, 0.25) is 0 Å². The summed E-state index contributed by atoms with van der Waals surface area (Å²) in [6.07, 6.45) is 3.77. The summed E-state index contributed by atoms with van der Waals surface area (Å²) < 4.78 is 20.0. The molecule has 5 atom stereocenters. The molecule has 1 amide bonds. The van der Waals surface area contributed by atoms with E-state index in [1.165, 1.54) is 0 Å². The van der Waals surface area contributed by atoms with Crippen molar-refractivity contribution in [2.45, 2.75) is 37.4 Å². The highest BCUT2D eigenvalue weighted by Crippen LogP contribution is 2.33. The maximum Gasteiger partial charge on any atom is 0.233 e. The average Bonchev–Trinajstić information content (AvgIpc) is 3.05. The first-order chi connectivity index (χ1) is 14.1. The van der Waals surface area contributed by atoms with Gasteiger partial charge in [-0.3, -0.25) is 20.0 Å². The number of hydrogen-bond donors (Lipinski definition) is 4. The van der Waals surface area contributed by atoms with Crippen molar-refractivity contribution in [2.75, 3.05) is 38.0 Å². The van der Waals surface area contributed by atoms with Crippen molar-refractivity contribution >= 4 is 11.6 Å². The van der Waals surface area contributed by atoms with Crippen molar-refractivity contribution in [1.82, 2.24) is 25.6 Å². The standard InChI is InChI=1S/C19H28FN7O2/c20-12-7-23-18-16(17(21)25-27(18)9-12)19(28)24-13-8-22-4-1-14(13)29-15-10-26-5-2-11(15)3-6-26/h1,4,8,11-12,15-18,23,25H,2-3,5-7,9-10,21H2,(H,24,28)/t12?,15-,16?,17?,18?/m0/s1. The van der Waals surface area contributed by atoms with Crippen LogP contribution in [0.1, 0.15) is 12.8 Å². The third kappa shape index (κ3) is 3.71. The molecule has 6 heterocycles. The van der Waals surface area contributed by atoms with Gasteiger partial charge in [0.15, 0.2) is 0 Å². The van der Waals surface area contributed by atoms with Crippen LogP contribution in [0.3, 0.4) is 0 Å². The lowest BCUT2D eigenvalue weighted by molar-refractivity contribution is -0.121. The molecule has 0 aromatic carbocycles. The molecule has 1 aromatic heterocycles. The van der Waals surface area contributed by atoms with Gasteiger partial charge in [-0.2, -0.15) is 0 Å². The van der Waals surface area contributed by atoms with Crippen molar-refractivity contribution in [2.24, 2.45) is 17.6 Å².